The lowest BCUT2D eigenvalue weighted by Crippen LogP contribution is -2.35. The SMILES string of the molecule is C#CCCNCC(Cc1nc[nH]c(=O)c1O)c1ccc(C#Cc2ccc(CN3CCOCC3)cc2)cc1. The maximum atomic E-state index is 11.8. The fourth-order valence-electron chi connectivity index (χ4n) is 4.25. The Morgan fingerprint density at radius 1 is 1.08 bits per heavy atom. The number of nitrogens with one attached hydrogen (secondary N) is 2. The quantitative estimate of drug-likeness (QED) is 0.312. The van der Waals surface area contributed by atoms with E-state index < -0.39 is 5.56 Å². The Labute approximate surface area is 217 Å². The minimum Gasteiger partial charge on any atom is -0.502 e. The van der Waals surface area contributed by atoms with Gasteiger partial charge in [0.2, 0.25) is 5.75 Å². The van der Waals surface area contributed by atoms with Crippen LogP contribution >= 0.6 is 0 Å². The van der Waals surface area contributed by atoms with E-state index in [0.717, 1.165) is 49.5 Å². The number of nitrogens with zero attached hydrogens (tertiary/aromatic N) is 2. The van der Waals surface area contributed by atoms with Gasteiger partial charge in [-0.2, -0.15) is 0 Å². The van der Waals surface area contributed by atoms with Crippen LogP contribution in [0.1, 0.15) is 40.3 Å². The average molecular weight is 497 g/mol. The van der Waals surface area contributed by atoms with E-state index in [1.807, 2.05) is 24.3 Å². The second-order valence-electron chi connectivity index (χ2n) is 9.04. The highest BCUT2D eigenvalue weighted by molar-refractivity contribution is 5.44. The van der Waals surface area contributed by atoms with E-state index in [-0.39, 0.29) is 11.7 Å². The molecular formula is C30H32N4O3. The molecule has 2 aromatic carbocycles. The van der Waals surface area contributed by atoms with Crippen LogP contribution in [0.15, 0.2) is 59.7 Å². The predicted molar refractivity (Wildman–Crippen MR) is 144 cm³/mol. The summed E-state index contributed by atoms with van der Waals surface area (Å²) < 4.78 is 5.42. The van der Waals surface area contributed by atoms with E-state index in [0.29, 0.717) is 31.6 Å². The molecule has 7 nitrogen and oxygen atoms in total. The van der Waals surface area contributed by atoms with Crippen LogP contribution in [0.25, 0.3) is 0 Å². The molecule has 2 heterocycles. The minimum absolute atomic E-state index is 0.000931. The summed E-state index contributed by atoms with van der Waals surface area (Å²) in [4.78, 5) is 20.8. The summed E-state index contributed by atoms with van der Waals surface area (Å²) in [5.41, 5.74) is 4.06. The van der Waals surface area contributed by atoms with Crippen LogP contribution < -0.4 is 10.9 Å². The number of hydrogen-bond donors (Lipinski definition) is 3. The zero-order valence-electron chi connectivity index (χ0n) is 20.9. The van der Waals surface area contributed by atoms with E-state index in [1.54, 1.807) is 0 Å². The maximum absolute atomic E-state index is 11.8. The first-order chi connectivity index (χ1) is 18.1. The van der Waals surface area contributed by atoms with Crippen LogP contribution in [0.3, 0.4) is 0 Å². The summed E-state index contributed by atoms with van der Waals surface area (Å²) in [5, 5.41) is 13.5. The van der Waals surface area contributed by atoms with Gasteiger partial charge in [0.05, 0.1) is 25.2 Å². The summed E-state index contributed by atoms with van der Waals surface area (Å²) in [6.07, 6.45) is 7.72. The first-order valence-electron chi connectivity index (χ1n) is 12.5. The molecule has 190 valence electrons. The largest absolute Gasteiger partial charge is 0.502 e. The maximum Gasteiger partial charge on any atom is 0.293 e. The van der Waals surface area contributed by atoms with Gasteiger partial charge < -0.3 is 20.1 Å². The van der Waals surface area contributed by atoms with E-state index in [4.69, 9.17) is 11.2 Å². The third kappa shape index (κ3) is 7.80. The van der Waals surface area contributed by atoms with Crippen LogP contribution in [0.2, 0.25) is 0 Å². The molecule has 0 radical (unpaired) electrons. The molecule has 3 aromatic rings. The van der Waals surface area contributed by atoms with Gasteiger partial charge in [0.15, 0.2) is 0 Å². The van der Waals surface area contributed by atoms with Gasteiger partial charge in [-0.15, -0.1) is 12.3 Å². The molecule has 0 spiro atoms. The third-order valence-electron chi connectivity index (χ3n) is 6.38. The molecule has 0 saturated carbocycles. The number of H-pyrrole nitrogens is 1. The molecule has 1 aromatic heterocycles. The zero-order valence-corrected chi connectivity index (χ0v) is 20.9. The first kappa shape index (κ1) is 26.2. The van der Waals surface area contributed by atoms with Gasteiger partial charge in [0.25, 0.3) is 5.56 Å². The van der Waals surface area contributed by atoms with Gasteiger partial charge >= 0.3 is 0 Å². The van der Waals surface area contributed by atoms with Crippen molar-refractivity contribution in [3.8, 4) is 29.9 Å². The molecule has 1 fully saturated rings. The zero-order chi connectivity index (χ0) is 25.9. The van der Waals surface area contributed by atoms with Gasteiger partial charge in [0.1, 0.15) is 0 Å². The van der Waals surface area contributed by atoms with Crippen molar-refractivity contribution in [1.82, 2.24) is 20.2 Å². The second kappa shape index (κ2) is 13.4. The molecule has 1 saturated heterocycles. The Hall–Kier alpha value is -3.88. The number of morpholine rings is 1. The molecule has 1 atom stereocenters. The predicted octanol–water partition coefficient (Wildman–Crippen LogP) is 2.65. The van der Waals surface area contributed by atoms with Crippen molar-refractivity contribution in [2.24, 2.45) is 0 Å². The highest BCUT2D eigenvalue weighted by Crippen LogP contribution is 2.23. The Kier molecular flexibility index (Phi) is 9.51. The molecule has 0 amide bonds. The van der Waals surface area contributed by atoms with Gasteiger partial charge in [-0.05, 0) is 35.4 Å². The lowest BCUT2D eigenvalue weighted by molar-refractivity contribution is 0.0342. The molecule has 7 heteroatoms. The van der Waals surface area contributed by atoms with Crippen molar-refractivity contribution in [3.05, 3.63) is 93.2 Å². The van der Waals surface area contributed by atoms with Gasteiger partial charge in [-0.25, -0.2) is 4.98 Å². The molecule has 4 rings (SSSR count). The van der Waals surface area contributed by atoms with Crippen molar-refractivity contribution in [2.75, 3.05) is 39.4 Å². The van der Waals surface area contributed by atoms with Crippen molar-refractivity contribution in [1.29, 1.82) is 0 Å². The molecule has 3 N–H and O–H groups in total. The van der Waals surface area contributed by atoms with E-state index in [9.17, 15) is 9.90 Å². The molecule has 1 aliphatic rings. The lowest BCUT2D eigenvalue weighted by atomic mass is 9.93. The number of aromatic hydroxyl groups is 1. The van der Waals surface area contributed by atoms with E-state index in [2.05, 4.69) is 62.2 Å². The molecule has 0 bridgehead atoms. The Bertz CT molecular complexity index is 1310. The van der Waals surface area contributed by atoms with E-state index >= 15 is 0 Å². The Morgan fingerprint density at radius 3 is 2.43 bits per heavy atom. The summed E-state index contributed by atoms with van der Waals surface area (Å²) in [7, 11) is 0. The molecule has 37 heavy (non-hydrogen) atoms. The number of terminal acetylenes is 1. The number of benzene rings is 2. The fraction of sp³-hybridized carbons (Fsp3) is 0.333. The van der Waals surface area contributed by atoms with Crippen LogP contribution in [-0.4, -0.2) is 59.4 Å². The summed E-state index contributed by atoms with van der Waals surface area (Å²) >= 11 is 0. The molecule has 0 aliphatic carbocycles. The van der Waals surface area contributed by atoms with E-state index in [1.165, 1.54) is 11.9 Å². The Morgan fingerprint density at radius 2 is 1.76 bits per heavy atom. The average Bonchev–Trinajstić information content (AvgIpc) is 2.93. The molecule has 1 aliphatic heterocycles. The number of aromatic nitrogens is 2. The second-order valence-corrected chi connectivity index (χ2v) is 9.04. The van der Waals surface area contributed by atoms with Crippen LogP contribution in [-0.2, 0) is 17.7 Å². The van der Waals surface area contributed by atoms with Crippen LogP contribution in [0.5, 0.6) is 5.75 Å². The highest BCUT2D eigenvalue weighted by Gasteiger charge is 2.17. The highest BCUT2D eigenvalue weighted by atomic mass is 16.5. The minimum atomic E-state index is -0.538. The Balaban J connectivity index is 1.42. The fourth-order valence-corrected chi connectivity index (χ4v) is 4.25. The van der Waals surface area contributed by atoms with Crippen molar-refractivity contribution in [3.63, 3.8) is 0 Å². The molecular weight excluding hydrogens is 464 g/mol. The van der Waals surface area contributed by atoms with Gasteiger partial charge in [-0.1, -0.05) is 36.1 Å². The first-order valence-corrected chi connectivity index (χ1v) is 12.5. The van der Waals surface area contributed by atoms with Crippen molar-refractivity contribution < 1.29 is 9.84 Å². The monoisotopic (exact) mass is 496 g/mol. The van der Waals surface area contributed by atoms with Gasteiger partial charge in [0, 0.05) is 62.6 Å². The number of aromatic amines is 1. The summed E-state index contributed by atoms with van der Waals surface area (Å²) in [5.74, 6) is 8.77. The number of ether oxygens (including phenoxy) is 1. The smallest absolute Gasteiger partial charge is 0.293 e. The van der Waals surface area contributed by atoms with Crippen LogP contribution in [0, 0.1) is 24.2 Å². The molecule has 1 unspecified atom stereocenters. The number of hydrogen-bond acceptors (Lipinski definition) is 6. The summed E-state index contributed by atoms with van der Waals surface area (Å²) in [6, 6.07) is 16.5. The third-order valence-corrected chi connectivity index (χ3v) is 6.38. The standard InChI is InChI=1S/C30H32N4O3/c1-2-3-14-31-20-27(19-28-29(35)30(36)33-22-32-28)26-12-10-24(11-13-26)5-4-23-6-8-25(9-7-23)21-34-15-17-37-18-16-34/h1,6-13,22,27,31,35H,3,14-21H2,(H,32,33,36). The number of rotatable bonds is 9. The van der Waals surface area contributed by atoms with Gasteiger partial charge in [-0.3, -0.25) is 9.69 Å². The lowest BCUT2D eigenvalue weighted by Gasteiger charge is -2.26. The summed E-state index contributed by atoms with van der Waals surface area (Å²) in [6.45, 7) is 5.81. The normalized spacial score (nSPS) is 14.4. The van der Waals surface area contributed by atoms with Crippen LogP contribution in [0.4, 0.5) is 0 Å². The van der Waals surface area contributed by atoms with Crippen molar-refractivity contribution >= 4 is 0 Å². The van der Waals surface area contributed by atoms with Crippen molar-refractivity contribution in [2.45, 2.75) is 25.3 Å². The topological polar surface area (TPSA) is 90.5 Å².